The summed E-state index contributed by atoms with van der Waals surface area (Å²) in [7, 11) is -8.10. The van der Waals surface area contributed by atoms with E-state index in [0.717, 1.165) is 6.42 Å². The molecule has 10 heteroatoms. The maximum Gasteiger partial charge on any atom is 0.522 e. The molecule has 0 heterocycles. The molecule has 0 aromatic carbocycles. The minimum Gasteiger partial charge on any atom is -0.466 e. The van der Waals surface area contributed by atoms with Crippen molar-refractivity contribution in [3.05, 3.63) is 0 Å². The Kier molecular flexibility index (Phi) is 6.89. The van der Waals surface area contributed by atoms with Gasteiger partial charge in [0.2, 0.25) is 8.32 Å². The van der Waals surface area contributed by atoms with Crippen LogP contribution in [0.5, 0.6) is 0 Å². The predicted octanol–water partition coefficient (Wildman–Crippen LogP) is 2.89. The van der Waals surface area contributed by atoms with E-state index in [1.807, 2.05) is 6.92 Å². The molecule has 2 atom stereocenters. The van der Waals surface area contributed by atoms with Crippen LogP contribution in [0.2, 0.25) is 19.6 Å². The number of ether oxygens (including phenoxy) is 1. The SMILES string of the molecule is CCOC(=O)C1CC1C.C[Si](C)(C)OS(=O)(=O)C(F)(F)F. The molecule has 21 heavy (non-hydrogen) atoms. The standard InChI is InChI=1S/C7H12O2.C4H9F3O3SSi/c1-3-9-7(8)6-4-5(6)2;1-12(2,3)10-11(8,9)4(5,6)7/h5-6H,3-4H2,1-2H3;1-3H3. The van der Waals surface area contributed by atoms with Crippen molar-refractivity contribution in [3.8, 4) is 0 Å². The molecule has 126 valence electrons. The minimum atomic E-state index is -5.39. The summed E-state index contributed by atoms with van der Waals surface area (Å²) in [4.78, 5) is 10.8. The van der Waals surface area contributed by atoms with Crippen LogP contribution < -0.4 is 0 Å². The van der Waals surface area contributed by atoms with Gasteiger partial charge >= 0.3 is 21.6 Å². The van der Waals surface area contributed by atoms with Crippen molar-refractivity contribution in [2.45, 2.75) is 45.4 Å². The molecule has 0 aromatic heterocycles. The van der Waals surface area contributed by atoms with E-state index in [2.05, 4.69) is 10.8 Å². The van der Waals surface area contributed by atoms with E-state index >= 15 is 0 Å². The Bertz CT molecular complexity index is 455. The fraction of sp³-hybridized carbons (Fsp3) is 0.909. The summed E-state index contributed by atoms with van der Waals surface area (Å²) in [5.41, 5.74) is -5.31. The first-order valence-electron chi connectivity index (χ1n) is 6.40. The molecule has 0 amide bonds. The molecule has 0 aromatic rings. The third kappa shape index (κ3) is 7.81. The molecule has 1 aliphatic carbocycles. The van der Waals surface area contributed by atoms with Crippen LogP contribution in [0.1, 0.15) is 20.3 Å². The largest absolute Gasteiger partial charge is 0.522 e. The molecule has 1 saturated carbocycles. The van der Waals surface area contributed by atoms with Gasteiger partial charge in [0.1, 0.15) is 0 Å². The molecule has 5 nitrogen and oxygen atoms in total. The Morgan fingerprint density at radius 3 is 1.90 bits per heavy atom. The molecule has 0 radical (unpaired) electrons. The predicted molar refractivity (Wildman–Crippen MR) is 73.3 cm³/mol. The van der Waals surface area contributed by atoms with E-state index in [1.54, 1.807) is 0 Å². The second-order valence-electron chi connectivity index (χ2n) is 5.67. The first-order valence-corrected chi connectivity index (χ1v) is 11.2. The lowest BCUT2D eigenvalue weighted by Gasteiger charge is -2.17. The van der Waals surface area contributed by atoms with Gasteiger partial charge in [-0.05, 0) is 38.9 Å². The smallest absolute Gasteiger partial charge is 0.466 e. The summed E-state index contributed by atoms with van der Waals surface area (Å²) in [5.74, 6) is 0.791. The number of hydrogen-bond donors (Lipinski definition) is 0. The number of carbonyl (C=O) groups excluding carboxylic acids is 1. The number of carbonyl (C=O) groups is 1. The van der Waals surface area contributed by atoms with Crippen molar-refractivity contribution < 1.29 is 35.0 Å². The number of esters is 1. The second-order valence-corrected chi connectivity index (χ2v) is 11.9. The van der Waals surface area contributed by atoms with E-state index in [0.29, 0.717) is 12.5 Å². The number of rotatable bonds is 4. The zero-order chi connectivity index (χ0) is 17.1. The lowest BCUT2D eigenvalue weighted by Crippen LogP contribution is -2.36. The summed E-state index contributed by atoms with van der Waals surface area (Å²) < 4.78 is 64.5. The Hall–Kier alpha value is -0.613. The second kappa shape index (κ2) is 7.10. The van der Waals surface area contributed by atoms with Gasteiger partial charge in [-0.2, -0.15) is 21.6 Å². The van der Waals surface area contributed by atoms with Crippen LogP contribution in [0.15, 0.2) is 0 Å². The molecule has 0 aliphatic heterocycles. The van der Waals surface area contributed by atoms with Gasteiger partial charge in [0.15, 0.2) is 0 Å². The van der Waals surface area contributed by atoms with Gasteiger partial charge in [0.25, 0.3) is 0 Å². The average Bonchev–Trinajstić information content (AvgIpc) is 2.91. The third-order valence-corrected chi connectivity index (χ3v) is 5.79. The van der Waals surface area contributed by atoms with E-state index in [9.17, 15) is 26.4 Å². The molecule has 0 N–H and O–H groups in total. The van der Waals surface area contributed by atoms with Gasteiger partial charge in [0, 0.05) is 0 Å². The van der Waals surface area contributed by atoms with Crippen molar-refractivity contribution in [1.82, 2.24) is 0 Å². The molecule has 0 saturated heterocycles. The Balaban J connectivity index is 0.000000394. The van der Waals surface area contributed by atoms with Gasteiger partial charge in [0.05, 0.1) is 12.5 Å². The van der Waals surface area contributed by atoms with Gasteiger partial charge in [-0.3, -0.25) is 4.79 Å². The van der Waals surface area contributed by atoms with Crippen LogP contribution in [0.4, 0.5) is 13.2 Å². The highest BCUT2D eigenvalue weighted by Crippen LogP contribution is 2.38. The van der Waals surface area contributed by atoms with Crippen LogP contribution >= 0.6 is 0 Å². The molecule has 0 bridgehead atoms. The molecule has 1 rings (SSSR count). The summed E-state index contributed by atoms with van der Waals surface area (Å²) >= 11 is 0. The molecule has 0 spiro atoms. The zero-order valence-electron chi connectivity index (χ0n) is 12.7. The van der Waals surface area contributed by atoms with Gasteiger partial charge in [-0.15, -0.1) is 0 Å². The highest BCUT2D eigenvalue weighted by molar-refractivity contribution is 7.88. The maximum atomic E-state index is 11.7. The molecule has 2 unspecified atom stereocenters. The monoisotopic (exact) mass is 350 g/mol. The summed E-state index contributed by atoms with van der Waals surface area (Å²) in [6, 6.07) is 0. The van der Waals surface area contributed by atoms with Crippen LogP contribution in [0, 0.1) is 11.8 Å². The molecule has 1 fully saturated rings. The van der Waals surface area contributed by atoms with Crippen LogP contribution in [0.25, 0.3) is 0 Å². The van der Waals surface area contributed by atoms with E-state index < -0.39 is 23.9 Å². The van der Waals surface area contributed by atoms with Gasteiger partial charge in [-0.1, -0.05) is 6.92 Å². The van der Waals surface area contributed by atoms with E-state index in [1.165, 1.54) is 19.6 Å². The number of hydrogen-bond acceptors (Lipinski definition) is 5. The van der Waals surface area contributed by atoms with Crippen molar-refractivity contribution >= 4 is 24.4 Å². The number of halogens is 3. The summed E-state index contributed by atoms with van der Waals surface area (Å²) in [6.07, 6.45) is 1.03. The first-order chi connectivity index (χ1) is 9.21. The van der Waals surface area contributed by atoms with Crippen LogP contribution in [-0.2, 0) is 23.5 Å². The fourth-order valence-corrected chi connectivity index (χ4v) is 4.29. The first kappa shape index (κ1) is 20.4. The lowest BCUT2D eigenvalue weighted by atomic mass is 10.3. The number of alkyl halides is 3. The van der Waals surface area contributed by atoms with Crippen molar-refractivity contribution in [2.24, 2.45) is 11.8 Å². The lowest BCUT2D eigenvalue weighted by molar-refractivity contribution is -0.144. The third-order valence-electron chi connectivity index (χ3n) is 2.34. The Morgan fingerprint density at radius 2 is 1.71 bits per heavy atom. The molecular formula is C11H21F3O5SSi. The van der Waals surface area contributed by atoms with Crippen LogP contribution in [0.3, 0.4) is 0 Å². The van der Waals surface area contributed by atoms with Gasteiger partial charge in [-0.25, -0.2) is 0 Å². The molecule has 1 aliphatic rings. The van der Waals surface area contributed by atoms with E-state index in [-0.39, 0.29) is 11.9 Å². The molecular weight excluding hydrogens is 329 g/mol. The summed E-state index contributed by atoms with van der Waals surface area (Å²) in [6.45, 7) is 8.50. The Labute approximate surface area is 124 Å². The van der Waals surface area contributed by atoms with Gasteiger partial charge < -0.3 is 8.61 Å². The Morgan fingerprint density at radius 1 is 1.29 bits per heavy atom. The highest BCUT2D eigenvalue weighted by Gasteiger charge is 2.49. The van der Waals surface area contributed by atoms with Crippen molar-refractivity contribution in [3.63, 3.8) is 0 Å². The maximum absolute atomic E-state index is 11.7. The minimum absolute atomic E-state index is 0.00926. The topological polar surface area (TPSA) is 69.7 Å². The normalized spacial score (nSPS) is 22.1. The van der Waals surface area contributed by atoms with Crippen molar-refractivity contribution in [1.29, 1.82) is 0 Å². The highest BCUT2D eigenvalue weighted by atomic mass is 32.2. The van der Waals surface area contributed by atoms with Crippen molar-refractivity contribution in [2.75, 3.05) is 6.61 Å². The summed E-state index contributed by atoms with van der Waals surface area (Å²) in [5, 5.41) is 0. The average molecular weight is 350 g/mol. The van der Waals surface area contributed by atoms with E-state index in [4.69, 9.17) is 4.74 Å². The quantitative estimate of drug-likeness (QED) is 0.443. The van der Waals surface area contributed by atoms with Crippen LogP contribution in [-0.4, -0.2) is 34.8 Å². The fourth-order valence-electron chi connectivity index (χ4n) is 1.28. The zero-order valence-corrected chi connectivity index (χ0v) is 14.5.